The third-order valence-corrected chi connectivity index (χ3v) is 1.92. The first kappa shape index (κ1) is 10.6. The van der Waals surface area contributed by atoms with Crippen LogP contribution >= 0.6 is 0 Å². The van der Waals surface area contributed by atoms with Crippen LogP contribution in [0.1, 0.15) is 27.7 Å². The van der Waals surface area contributed by atoms with Crippen molar-refractivity contribution in [1.82, 2.24) is 0 Å². The molecule has 1 N–H and O–H groups in total. The van der Waals surface area contributed by atoms with E-state index in [4.69, 9.17) is 4.74 Å². The molecule has 0 aliphatic carbocycles. The lowest BCUT2D eigenvalue weighted by molar-refractivity contribution is -0.148. The van der Waals surface area contributed by atoms with Gasteiger partial charge in [-0.2, -0.15) is 0 Å². The number of carbonyl (C=O) groups excluding carboxylic acids is 1. The summed E-state index contributed by atoms with van der Waals surface area (Å²) in [6.45, 7) is 6.84. The summed E-state index contributed by atoms with van der Waals surface area (Å²) < 4.78 is 5.10. The molecule has 0 bridgehead atoms. The average Bonchev–Trinajstić information content (AvgIpc) is 1.88. The highest BCUT2D eigenvalue weighted by atomic mass is 16.5. The van der Waals surface area contributed by atoms with Gasteiger partial charge in [-0.25, -0.2) is 0 Å². The summed E-state index contributed by atoms with van der Waals surface area (Å²) in [5.74, 6) is -0.265. The zero-order valence-corrected chi connectivity index (χ0v) is 7.55. The van der Waals surface area contributed by atoms with Crippen molar-refractivity contribution in [3.05, 3.63) is 0 Å². The maximum Gasteiger partial charge on any atom is 0.163 e. The van der Waals surface area contributed by atoms with Crippen molar-refractivity contribution in [3.8, 4) is 0 Å². The molecule has 0 spiro atoms. The van der Waals surface area contributed by atoms with Crippen LogP contribution in [0.5, 0.6) is 0 Å². The Morgan fingerprint density at radius 1 is 1.73 bits per heavy atom. The number of rotatable bonds is 4. The normalized spacial score (nSPS) is 19.0. The highest BCUT2D eigenvalue weighted by molar-refractivity contribution is 5.84. The molecule has 3 nitrogen and oxygen atoms in total. The summed E-state index contributed by atoms with van der Waals surface area (Å²) in [5.41, 5.74) is -1.35. The molecule has 0 fully saturated rings. The first-order valence-corrected chi connectivity index (χ1v) is 3.78. The number of Topliss-reactive ketones (excluding diaryl/α,β-unsaturated/α-hetero) is 1. The molecule has 0 saturated carbocycles. The summed E-state index contributed by atoms with van der Waals surface area (Å²) >= 11 is 0. The Labute approximate surface area is 67.4 Å². The first-order chi connectivity index (χ1) is 4.92. The van der Waals surface area contributed by atoms with Gasteiger partial charge >= 0.3 is 0 Å². The molecule has 66 valence electrons. The standard InChI is InChI=1S/C8H16O3/c1-5-11-7(3)8(4,10)6(2)9/h7,10H,5H2,1-4H3. The van der Waals surface area contributed by atoms with E-state index < -0.39 is 11.7 Å². The number of ether oxygens (including phenoxy) is 1. The second kappa shape index (κ2) is 3.83. The van der Waals surface area contributed by atoms with E-state index in [2.05, 4.69) is 0 Å². The molecule has 0 amide bonds. The lowest BCUT2D eigenvalue weighted by Gasteiger charge is -2.26. The Hall–Kier alpha value is -0.410. The summed E-state index contributed by atoms with van der Waals surface area (Å²) in [4.78, 5) is 10.9. The van der Waals surface area contributed by atoms with Crippen LogP contribution in [0.25, 0.3) is 0 Å². The molecule has 0 radical (unpaired) electrons. The number of aliphatic hydroxyl groups is 1. The fourth-order valence-corrected chi connectivity index (χ4v) is 0.699. The SMILES string of the molecule is CCOC(C)C(C)(O)C(C)=O. The molecule has 0 rings (SSSR count). The molecule has 11 heavy (non-hydrogen) atoms. The predicted octanol–water partition coefficient (Wildman–Crippen LogP) is 0.751. The van der Waals surface area contributed by atoms with Crippen LogP contribution in [0.4, 0.5) is 0 Å². The second-order valence-corrected chi connectivity index (χ2v) is 2.80. The Bertz CT molecular complexity index is 140. The van der Waals surface area contributed by atoms with Gasteiger partial charge < -0.3 is 9.84 Å². The van der Waals surface area contributed by atoms with Gasteiger partial charge in [0.05, 0.1) is 6.10 Å². The van der Waals surface area contributed by atoms with Crippen molar-refractivity contribution in [2.75, 3.05) is 6.61 Å². The monoisotopic (exact) mass is 160 g/mol. The maximum absolute atomic E-state index is 10.9. The second-order valence-electron chi connectivity index (χ2n) is 2.80. The molecule has 2 atom stereocenters. The predicted molar refractivity (Wildman–Crippen MR) is 42.4 cm³/mol. The van der Waals surface area contributed by atoms with E-state index in [9.17, 15) is 9.90 Å². The van der Waals surface area contributed by atoms with Crippen LogP contribution in [0.2, 0.25) is 0 Å². The minimum atomic E-state index is -1.35. The first-order valence-electron chi connectivity index (χ1n) is 3.78. The minimum absolute atomic E-state index is 0.265. The van der Waals surface area contributed by atoms with Gasteiger partial charge in [0, 0.05) is 6.61 Å². The maximum atomic E-state index is 10.9. The topological polar surface area (TPSA) is 46.5 Å². The Morgan fingerprint density at radius 2 is 2.18 bits per heavy atom. The van der Waals surface area contributed by atoms with Crippen molar-refractivity contribution in [2.24, 2.45) is 0 Å². The lowest BCUT2D eigenvalue weighted by atomic mass is 9.96. The molecule has 0 heterocycles. The molecular weight excluding hydrogens is 144 g/mol. The Morgan fingerprint density at radius 3 is 2.45 bits per heavy atom. The van der Waals surface area contributed by atoms with Gasteiger partial charge in [-0.15, -0.1) is 0 Å². The van der Waals surface area contributed by atoms with Gasteiger partial charge in [0.25, 0.3) is 0 Å². The van der Waals surface area contributed by atoms with Crippen molar-refractivity contribution >= 4 is 5.78 Å². The molecule has 3 heteroatoms. The average molecular weight is 160 g/mol. The molecular formula is C8H16O3. The van der Waals surface area contributed by atoms with Crippen molar-refractivity contribution < 1.29 is 14.6 Å². The Balaban J connectivity index is 4.17. The number of hydrogen-bond donors (Lipinski definition) is 1. The lowest BCUT2D eigenvalue weighted by Crippen LogP contribution is -2.45. The van der Waals surface area contributed by atoms with E-state index in [-0.39, 0.29) is 5.78 Å². The van der Waals surface area contributed by atoms with Gasteiger partial charge in [0.15, 0.2) is 5.78 Å². The van der Waals surface area contributed by atoms with E-state index >= 15 is 0 Å². The van der Waals surface area contributed by atoms with E-state index in [0.29, 0.717) is 6.61 Å². The van der Waals surface area contributed by atoms with Crippen LogP contribution in [-0.2, 0) is 9.53 Å². The molecule has 0 aliphatic rings. The minimum Gasteiger partial charge on any atom is -0.380 e. The van der Waals surface area contributed by atoms with Crippen molar-refractivity contribution in [1.29, 1.82) is 0 Å². The zero-order chi connectivity index (χ0) is 9.07. The largest absolute Gasteiger partial charge is 0.380 e. The molecule has 0 saturated heterocycles. The van der Waals surface area contributed by atoms with Gasteiger partial charge in [-0.3, -0.25) is 4.79 Å². The van der Waals surface area contributed by atoms with Crippen LogP contribution < -0.4 is 0 Å². The summed E-state index contributed by atoms with van der Waals surface area (Å²) in [7, 11) is 0. The van der Waals surface area contributed by atoms with E-state index in [1.54, 1.807) is 6.92 Å². The van der Waals surface area contributed by atoms with Crippen LogP contribution in [-0.4, -0.2) is 29.2 Å². The summed E-state index contributed by atoms with van der Waals surface area (Å²) in [6.07, 6.45) is -0.440. The number of hydrogen-bond acceptors (Lipinski definition) is 3. The molecule has 0 aromatic heterocycles. The smallest absolute Gasteiger partial charge is 0.163 e. The molecule has 0 aromatic rings. The van der Waals surface area contributed by atoms with Crippen LogP contribution in [0.15, 0.2) is 0 Å². The van der Waals surface area contributed by atoms with Crippen molar-refractivity contribution in [2.45, 2.75) is 39.4 Å². The molecule has 2 unspecified atom stereocenters. The van der Waals surface area contributed by atoms with E-state index in [1.165, 1.54) is 13.8 Å². The highest BCUT2D eigenvalue weighted by Crippen LogP contribution is 2.13. The fraction of sp³-hybridized carbons (Fsp3) is 0.875. The molecule has 0 aliphatic heterocycles. The third kappa shape index (κ3) is 2.60. The van der Waals surface area contributed by atoms with Crippen LogP contribution in [0.3, 0.4) is 0 Å². The molecule has 0 aromatic carbocycles. The zero-order valence-electron chi connectivity index (χ0n) is 7.55. The van der Waals surface area contributed by atoms with E-state index in [0.717, 1.165) is 0 Å². The van der Waals surface area contributed by atoms with Gasteiger partial charge in [-0.05, 0) is 27.7 Å². The van der Waals surface area contributed by atoms with Crippen molar-refractivity contribution in [3.63, 3.8) is 0 Å². The van der Waals surface area contributed by atoms with Gasteiger partial charge in [0.1, 0.15) is 5.60 Å². The summed E-state index contributed by atoms with van der Waals surface area (Å²) in [6, 6.07) is 0. The highest BCUT2D eigenvalue weighted by Gasteiger charge is 2.33. The summed E-state index contributed by atoms with van der Waals surface area (Å²) in [5, 5.41) is 9.52. The number of carbonyl (C=O) groups is 1. The van der Waals surface area contributed by atoms with Crippen LogP contribution in [0, 0.1) is 0 Å². The number of ketones is 1. The fourth-order valence-electron chi connectivity index (χ4n) is 0.699. The van der Waals surface area contributed by atoms with Gasteiger partial charge in [0.2, 0.25) is 0 Å². The Kier molecular flexibility index (Phi) is 3.69. The third-order valence-electron chi connectivity index (χ3n) is 1.92. The quantitative estimate of drug-likeness (QED) is 0.660. The van der Waals surface area contributed by atoms with Gasteiger partial charge in [-0.1, -0.05) is 0 Å². The van der Waals surface area contributed by atoms with E-state index in [1.807, 2.05) is 6.92 Å².